The molecular formula is C14H16ClNO5. The smallest absolute Gasteiger partial charge is 0.342 e. The van der Waals surface area contributed by atoms with Crippen LogP contribution in [0.15, 0.2) is 12.1 Å². The molecule has 1 rings (SSSR count). The van der Waals surface area contributed by atoms with Crippen LogP contribution in [0.2, 0.25) is 5.02 Å². The zero-order valence-corrected chi connectivity index (χ0v) is 12.7. The zero-order valence-electron chi connectivity index (χ0n) is 12.0. The third kappa shape index (κ3) is 4.75. The monoisotopic (exact) mass is 313 g/mol. The van der Waals surface area contributed by atoms with Crippen molar-refractivity contribution in [3.8, 4) is 5.75 Å². The first-order valence-electron chi connectivity index (χ1n) is 6.23. The Balaban J connectivity index is 3.06. The maximum atomic E-state index is 11.9. The molecule has 1 aromatic carbocycles. The Labute approximate surface area is 127 Å². The second kappa shape index (κ2) is 7.64. The average Bonchev–Trinajstić information content (AvgIpc) is 2.46. The van der Waals surface area contributed by atoms with Crippen molar-refractivity contribution in [1.82, 2.24) is 0 Å². The molecule has 7 heteroatoms. The predicted molar refractivity (Wildman–Crippen MR) is 77.9 cm³/mol. The number of ketones is 1. The van der Waals surface area contributed by atoms with Gasteiger partial charge < -0.3 is 14.8 Å². The van der Waals surface area contributed by atoms with Gasteiger partial charge in [0.15, 0.2) is 5.78 Å². The summed E-state index contributed by atoms with van der Waals surface area (Å²) in [5.41, 5.74) is 0.418. The van der Waals surface area contributed by atoms with Crippen LogP contribution in [0.5, 0.6) is 5.75 Å². The molecule has 0 spiro atoms. The van der Waals surface area contributed by atoms with Crippen molar-refractivity contribution in [1.29, 1.82) is 0 Å². The van der Waals surface area contributed by atoms with Crippen molar-refractivity contribution < 1.29 is 23.9 Å². The van der Waals surface area contributed by atoms with Gasteiger partial charge in [-0.2, -0.15) is 0 Å². The van der Waals surface area contributed by atoms with Crippen molar-refractivity contribution in [2.75, 3.05) is 19.0 Å². The summed E-state index contributed by atoms with van der Waals surface area (Å²) in [5, 5.41) is 2.77. The molecular weight excluding hydrogens is 298 g/mol. The van der Waals surface area contributed by atoms with Gasteiger partial charge >= 0.3 is 5.97 Å². The zero-order chi connectivity index (χ0) is 16.0. The molecule has 0 saturated carbocycles. The van der Waals surface area contributed by atoms with Gasteiger partial charge in [-0.3, -0.25) is 9.59 Å². The Morgan fingerprint density at radius 2 is 1.95 bits per heavy atom. The number of benzene rings is 1. The van der Waals surface area contributed by atoms with E-state index in [-0.39, 0.29) is 34.6 Å². The summed E-state index contributed by atoms with van der Waals surface area (Å²) in [5.74, 6) is -1.03. The van der Waals surface area contributed by atoms with Gasteiger partial charge in [0.05, 0.1) is 17.8 Å². The first-order valence-corrected chi connectivity index (χ1v) is 6.60. The van der Waals surface area contributed by atoms with Crippen molar-refractivity contribution in [2.24, 2.45) is 0 Å². The summed E-state index contributed by atoms with van der Waals surface area (Å²) in [6.45, 7) is 2.68. The molecule has 0 heterocycles. The number of hydrogen-bond donors (Lipinski definition) is 1. The average molecular weight is 314 g/mol. The lowest BCUT2D eigenvalue weighted by atomic mass is 10.1. The number of ether oxygens (including phenoxy) is 2. The molecule has 0 aliphatic heterocycles. The van der Waals surface area contributed by atoms with Gasteiger partial charge in [0.1, 0.15) is 17.9 Å². The third-order valence-electron chi connectivity index (χ3n) is 2.51. The Hall–Kier alpha value is -2.08. The highest BCUT2D eigenvalue weighted by molar-refractivity contribution is 6.34. The van der Waals surface area contributed by atoms with Gasteiger partial charge in [-0.05, 0) is 13.0 Å². The predicted octanol–water partition coefficient (Wildman–Crippen LogP) is 2.44. The van der Waals surface area contributed by atoms with Crippen LogP contribution in [0.1, 0.15) is 30.6 Å². The van der Waals surface area contributed by atoms with Gasteiger partial charge in [-0.25, -0.2) is 4.79 Å². The molecule has 0 aliphatic rings. The van der Waals surface area contributed by atoms with Crippen LogP contribution < -0.4 is 10.1 Å². The standard InChI is InChI=1S/C14H16ClNO5/c1-4-13(18)16-11-6-12(20-3)9(5-10(11)15)14(19)21-7-8(2)17/h5-6H,4,7H2,1-3H3,(H,16,18). The van der Waals surface area contributed by atoms with E-state index < -0.39 is 5.97 Å². The van der Waals surface area contributed by atoms with Crippen LogP contribution >= 0.6 is 11.6 Å². The number of anilines is 1. The van der Waals surface area contributed by atoms with E-state index in [1.54, 1.807) is 6.92 Å². The van der Waals surface area contributed by atoms with Crippen LogP contribution in [-0.2, 0) is 14.3 Å². The van der Waals surface area contributed by atoms with E-state index in [4.69, 9.17) is 21.1 Å². The summed E-state index contributed by atoms with van der Waals surface area (Å²) >= 11 is 6.02. The number of hydrogen-bond acceptors (Lipinski definition) is 5. The van der Waals surface area contributed by atoms with Gasteiger partial charge in [0.25, 0.3) is 0 Å². The molecule has 6 nitrogen and oxygen atoms in total. The number of nitrogens with one attached hydrogen (secondary N) is 1. The molecule has 0 atom stereocenters. The SMILES string of the molecule is CCC(=O)Nc1cc(OC)c(C(=O)OCC(C)=O)cc1Cl. The Morgan fingerprint density at radius 1 is 1.29 bits per heavy atom. The van der Waals surface area contributed by atoms with E-state index >= 15 is 0 Å². The highest BCUT2D eigenvalue weighted by Crippen LogP contribution is 2.31. The van der Waals surface area contributed by atoms with Gasteiger partial charge in [-0.15, -0.1) is 0 Å². The van der Waals surface area contributed by atoms with E-state index in [2.05, 4.69) is 5.32 Å². The van der Waals surface area contributed by atoms with E-state index in [1.165, 1.54) is 26.2 Å². The molecule has 1 aromatic rings. The second-order valence-electron chi connectivity index (χ2n) is 4.21. The normalized spacial score (nSPS) is 9.90. The highest BCUT2D eigenvalue weighted by atomic mass is 35.5. The fourth-order valence-electron chi connectivity index (χ4n) is 1.46. The number of carbonyl (C=O) groups is 3. The number of Topliss-reactive ketones (excluding diaryl/α,β-unsaturated/α-hetero) is 1. The number of methoxy groups -OCH3 is 1. The molecule has 0 fully saturated rings. The van der Waals surface area contributed by atoms with Crippen LogP contribution in [0.25, 0.3) is 0 Å². The molecule has 0 saturated heterocycles. The number of rotatable bonds is 6. The molecule has 21 heavy (non-hydrogen) atoms. The van der Waals surface area contributed by atoms with E-state index in [0.29, 0.717) is 12.1 Å². The van der Waals surface area contributed by atoms with Crippen LogP contribution in [0, 0.1) is 0 Å². The largest absolute Gasteiger partial charge is 0.496 e. The quantitative estimate of drug-likeness (QED) is 0.816. The molecule has 114 valence electrons. The maximum Gasteiger partial charge on any atom is 0.342 e. The van der Waals surface area contributed by atoms with Crippen molar-refractivity contribution in [3.05, 3.63) is 22.7 Å². The minimum Gasteiger partial charge on any atom is -0.496 e. The van der Waals surface area contributed by atoms with E-state index in [0.717, 1.165) is 0 Å². The van der Waals surface area contributed by atoms with Crippen molar-refractivity contribution in [3.63, 3.8) is 0 Å². The Kier molecular flexibility index (Phi) is 6.17. The topological polar surface area (TPSA) is 81.7 Å². The Morgan fingerprint density at radius 3 is 2.48 bits per heavy atom. The number of carbonyl (C=O) groups excluding carboxylic acids is 3. The summed E-state index contributed by atoms with van der Waals surface area (Å²) in [7, 11) is 1.37. The summed E-state index contributed by atoms with van der Waals surface area (Å²) in [6.07, 6.45) is 0.293. The highest BCUT2D eigenvalue weighted by Gasteiger charge is 2.18. The van der Waals surface area contributed by atoms with Gasteiger partial charge in [0, 0.05) is 12.5 Å². The van der Waals surface area contributed by atoms with Crippen molar-refractivity contribution in [2.45, 2.75) is 20.3 Å². The lowest BCUT2D eigenvalue weighted by molar-refractivity contribution is -0.120. The first kappa shape index (κ1) is 17.0. The summed E-state index contributed by atoms with van der Waals surface area (Å²) in [4.78, 5) is 34.1. The van der Waals surface area contributed by atoms with E-state index in [1.807, 2.05) is 0 Å². The maximum absolute atomic E-state index is 11.9. The van der Waals surface area contributed by atoms with Crippen molar-refractivity contribution >= 4 is 34.9 Å². The second-order valence-corrected chi connectivity index (χ2v) is 4.62. The minimum atomic E-state index is -0.725. The summed E-state index contributed by atoms with van der Waals surface area (Å²) in [6, 6.07) is 2.76. The molecule has 0 unspecified atom stereocenters. The molecule has 0 aromatic heterocycles. The Bertz CT molecular complexity index is 571. The van der Waals surface area contributed by atoms with Crippen LogP contribution in [-0.4, -0.2) is 31.4 Å². The minimum absolute atomic E-state index is 0.0817. The fraction of sp³-hybridized carbons (Fsp3) is 0.357. The molecule has 1 N–H and O–H groups in total. The number of halogens is 1. The lowest BCUT2D eigenvalue weighted by Gasteiger charge is -2.12. The van der Waals surface area contributed by atoms with Gasteiger partial charge in [0.2, 0.25) is 5.91 Å². The number of amides is 1. The third-order valence-corrected chi connectivity index (χ3v) is 2.82. The summed E-state index contributed by atoms with van der Waals surface area (Å²) < 4.78 is 9.90. The molecule has 0 radical (unpaired) electrons. The lowest BCUT2D eigenvalue weighted by Crippen LogP contribution is -2.14. The molecule has 0 aliphatic carbocycles. The molecule has 1 amide bonds. The van der Waals surface area contributed by atoms with E-state index in [9.17, 15) is 14.4 Å². The van der Waals surface area contributed by atoms with Crippen LogP contribution in [0.4, 0.5) is 5.69 Å². The number of esters is 1. The van der Waals surface area contributed by atoms with Gasteiger partial charge in [-0.1, -0.05) is 18.5 Å². The first-order chi connectivity index (χ1) is 9.88. The fourth-order valence-corrected chi connectivity index (χ4v) is 1.67. The molecule has 0 bridgehead atoms. The van der Waals surface area contributed by atoms with Crippen LogP contribution in [0.3, 0.4) is 0 Å².